The molecule has 22 heavy (non-hydrogen) atoms. The quantitative estimate of drug-likeness (QED) is 0.528. The Morgan fingerprint density at radius 3 is 1.50 bits per heavy atom. The molecule has 2 atom stereocenters. The number of methoxy groups -OCH3 is 1. The molecule has 0 aliphatic heterocycles. The van der Waals surface area contributed by atoms with E-state index in [1.807, 2.05) is 0 Å². The molecule has 2 unspecified atom stereocenters. The van der Waals surface area contributed by atoms with E-state index in [9.17, 15) is 26.3 Å². The molecule has 0 aromatic heterocycles. The highest BCUT2D eigenvalue weighted by atomic mass is 19.4. The summed E-state index contributed by atoms with van der Waals surface area (Å²) in [4.78, 5) is 0. The van der Waals surface area contributed by atoms with Gasteiger partial charge in [0.1, 0.15) is 0 Å². The van der Waals surface area contributed by atoms with Gasteiger partial charge in [0.05, 0.1) is 6.10 Å². The van der Waals surface area contributed by atoms with Crippen LogP contribution in [0.15, 0.2) is 0 Å². The van der Waals surface area contributed by atoms with Crippen LogP contribution in [0.3, 0.4) is 0 Å². The van der Waals surface area contributed by atoms with Crippen molar-refractivity contribution in [1.29, 1.82) is 0 Å². The van der Waals surface area contributed by atoms with Crippen molar-refractivity contribution in [3.05, 3.63) is 0 Å². The molecular formula is C15H24F6O. The molecule has 0 radical (unpaired) electrons. The van der Waals surface area contributed by atoms with Crippen molar-refractivity contribution < 1.29 is 31.1 Å². The average molecular weight is 334 g/mol. The third-order valence-corrected chi connectivity index (χ3v) is 4.34. The van der Waals surface area contributed by atoms with Gasteiger partial charge in [0.15, 0.2) is 0 Å². The van der Waals surface area contributed by atoms with E-state index in [-0.39, 0.29) is 30.8 Å². The average Bonchev–Trinajstić information content (AvgIpc) is 2.35. The molecule has 1 saturated carbocycles. The number of hydrogen-bond donors (Lipinski definition) is 0. The highest BCUT2D eigenvalue weighted by Gasteiger charge is 2.32. The van der Waals surface area contributed by atoms with Gasteiger partial charge in [-0.1, -0.05) is 12.8 Å². The highest BCUT2D eigenvalue weighted by molar-refractivity contribution is 4.80. The zero-order valence-corrected chi connectivity index (χ0v) is 12.8. The second kappa shape index (κ2) is 8.41. The maximum absolute atomic E-state index is 12.2. The maximum Gasteiger partial charge on any atom is 0.389 e. The van der Waals surface area contributed by atoms with Crippen molar-refractivity contribution in [3.8, 4) is 0 Å². The van der Waals surface area contributed by atoms with Crippen molar-refractivity contribution in [2.75, 3.05) is 7.11 Å². The lowest BCUT2D eigenvalue weighted by atomic mass is 9.75. The summed E-state index contributed by atoms with van der Waals surface area (Å²) >= 11 is 0. The van der Waals surface area contributed by atoms with Crippen molar-refractivity contribution in [2.24, 2.45) is 11.8 Å². The molecule has 1 aliphatic rings. The Balaban J connectivity index is 2.37. The van der Waals surface area contributed by atoms with E-state index < -0.39 is 25.2 Å². The summed E-state index contributed by atoms with van der Waals surface area (Å²) < 4.78 is 78.4. The zero-order chi connectivity index (χ0) is 16.8. The van der Waals surface area contributed by atoms with Crippen LogP contribution < -0.4 is 0 Å². The van der Waals surface area contributed by atoms with Crippen LogP contribution in [0.1, 0.15) is 57.8 Å². The van der Waals surface area contributed by atoms with Gasteiger partial charge in [0.2, 0.25) is 0 Å². The summed E-state index contributed by atoms with van der Waals surface area (Å²) in [6, 6.07) is 0. The molecule has 0 aromatic rings. The molecule has 0 bridgehead atoms. The Kier molecular flexibility index (Phi) is 7.49. The van der Waals surface area contributed by atoms with Gasteiger partial charge >= 0.3 is 12.4 Å². The van der Waals surface area contributed by atoms with Crippen LogP contribution in [-0.4, -0.2) is 25.6 Å². The molecule has 132 valence electrons. The molecule has 1 aliphatic carbocycles. The molecule has 0 spiro atoms. The van der Waals surface area contributed by atoms with Gasteiger partial charge in [-0.25, -0.2) is 0 Å². The van der Waals surface area contributed by atoms with Gasteiger partial charge < -0.3 is 4.74 Å². The summed E-state index contributed by atoms with van der Waals surface area (Å²) in [6.45, 7) is 0. The van der Waals surface area contributed by atoms with Crippen LogP contribution in [0, 0.1) is 11.8 Å². The SMILES string of the molecule is COC1CC(CCCC(F)(F)F)CC(CCCC(F)(F)F)C1. The van der Waals surface area contributed by atoms with E-state index in [2.05, 4.69) is 0 Å². The summed E-state index contributed by atoms with van der Waals surface area (Å²) in [7, 11) is 1.55. The summed E-state index contributed by atoms with van der Waals surface area (Å²) in [6.07, 6.45) is -6.66. The second-order valence-electron chi connectivity index (χ2n) is 6.31. The van der Waals surface area contributed by atoms with Crippen molar-refractivity contribution in [1.82, 2.24) is 0 Å². The molecule has 1 rings (SSSR count). The predicted molar refractivity (Wildman–Crippen MR) is 71.4 cm³/mol. The molecule has 0 N–H and O–H groups in total. The number of ether oxygens (including phenoxy) is 1. The smallest absolute Gasteiger partial charge is 0.381 e. The van der Waals surface area contributed by atoms with Crippen LogP contribution in [0.2, 0.25) is 0 Å². The fourth-order valence-corrected chi connectivity index (χ4v) is 3.35. The monoisotopic (exact) mass is 334 g/mol. The van der Waals surface area contributed by atoms with Gasteiger partial charge in [-0.05, 0) is 43.9 Å². The minimum atomic E-state index is -4.14. The van der Waals surface area contributed by atoms with Gasteiger partial charge in [-0.15, -0.1) is 0 Å². The minimum absolute atomic E-state index is 0.0412. The highest BCUT2D eigenvalue weighted by Crippen LogP contribution is 2.38. The number of halogens is 6. The van der Waals surface area contributed by atoms with E-state index in [4.69, 9.17) is 4.74 Å². The molecule has 1 fully saturated rings. The lowest BCUT2D eigenvalue weighted by molar-refractivity contribution is -0.136. The zero-order valence-electron chi connectivity index (χ0n) is 12.8. The Labute approximate surface area is 127 Å². The van der Waals surface area contributed by atoms with Crippen molar-refractivity contribution in [2.45, 2.75) is 76.2 Å². The maximum atomic E-state index is 12.2. The standard InChI is InChI=1S/C15H24F6O/c1-22-13-9-11(4-2-6-14(16,17)18)8-12(10-13)5-3-7-15(19,20)21/h11-13H,2-10H2,1H3. The molecule has 0 amide bonds. The van der Waals surface area contributed by atoms with Crippen LogP contribution in [0.5, 0.6) is 0 Å². The van der Waals surface area contributed by atoms with Gasteiger partial charge in [-0.3, -0.25) is 0 Å². The first-order chi connectivity index (χ1) is 10.1. The first kappa shape index (κ1) is 19.6. The molecular weight excluding hydrogens is 310 g/mol. The number of alkyl halides is 6. The normalized spacial score (nSPS) is 27.1. The third-order valence-electron chi connectivity index (χ3n) is 4.34. The Morgan fingerprint density at radius 1 is 0.773 bits per heavy atom. The lowest BCUT2D eigenvalue weighted by Gasteiger charge is -2.34. The van der Waals surface area contributed by atoms with Gasteiger partial charge in [-0.2, -0.15) is 26.3 Å². The fraction of sp³-hybridized carbons (Fsp3) is 1.00. The Hall–Kier alpha value is -0.460. The van der Waals surface area contributed by atoms with E-state index in [1.165, 1.54) is 0 Å². The number of hydrogen-bond acceptors (Lipinski definition) is 1. The van der Waals surface area contributed by atoms with Gasteiger partial charge in [0.25, 0.3) is 0 Å². The summed E-state index contributed by atoms with van der Waals surface area (Å²) in [5.74, 6) is 0.244. The van der Waals surface area contributed by atoms with Crippen molar-refractivity contribution >= 4 is 0 Å². The van der Waals surface area contributed by atoms with E-state index in [0.29, 0.717) is 25.7 Å². The van der Waals surface area contributed by atoms with Gasteiger partial charge in [0, 0.05) is 20.0 Å². The van der Waals surface area contributed by atoms with Crippen molar-refractivity contribution in [3.63, 3.8) is 0 Å². The Bertz CT molecular complexity index is 284. The molecule has 0 saturated heterocycles. The fourth-order valence-electron chi connectivity index (χ4n) is 3.35. The summed E-state index contributed by atoms with van der Waals surface area (Å²) in [5.41, 5.74) is 0. The van der Waals surface area contributed by atoms with E-state index in [1.54, 1.807) is 7.11 Å². The Morgan fingerprint density at radius 2 is 1.18 bits per heavy atom. The lowest BCUT2D eigenvalue weighted by Crippen LogP contribution is -2.28. The molecule has 1 nitrogen and oxygen atoms in total. The van der Waals surface area contributed by atoms with E-state index in [0.717, 1.165) is 6.42 Å². The predicted octanol–water partition coefficient (Wildman–Crippen LogP) is 5.88. The molecule has 7 heteroatoms. The minimum Gasteiger partial charge on any atom is -0.381 e. The first-order valence-corrected chi connectivity index (χ1v) is 7.75. The number of rotatable bonds is 7. The van der Waals surface area contributed by atoms with Crippen LogP contribution in [0.4, 0.5) is 26.3 Å². The molecule has 0 aromatic carbocycles. The first-order valence-electron chi connectivity index (χ1n) is 7.75. The topological polar surface area (TPSA) is 9.23 Å². The molecule has 0 heterocycles. The van der Waals surface area contributed by atoms with Crippen LogP contribution in [0.25, 0.3) is 0 Å². The second-order valence-corrected chi connectivity index (χ2v) is 6.31. The van der Waals surface area contributed by atoms with E-state index >= 15 is 0 Å². The summed E-state index contributed by atoms with van der Waals surface area (Å²) in [5, 5.41) is 0. The van der Waals surface area contributed by atoms with Crippen LogP contribution in [-0.2, 0) is 4.74 Å². The van der Waals surface area contributed by atoms with Crippen LogP contribution >= 0.6 is 0 Å². The largest absolute Gasteiger partial charge is 0.389 e. The third kappa shape index (κ3) is 8.86.